The van der Waals surface area contributed by atoms with E-state index in [1.165, 1.54) is 6.07 Å². The summed E-state index contributed by atoms with van der Waals surface area (Å²) in [6, 6.07) is 8.28. The van der Waals surface area contributed by atoms with E-state index in [0.717, 1.165) is 0 Å². The van der Waals surface area contributed by atoms with Gasteiger partial charge >= 0.3 is 0 Å². The summed E-state index contributed by atoms with van der Waals surface area (Å²) in [5.41, 5.74) is -1.26. The average molecular weight is 342 g/mol. The highest BCUT2D eigenvalue weighted by Gasteiger charge is 2.50. The average Bonchev–Trinajstić information content (AvgIpc) is 3.08. The van der Waals surface area contributed by atoms with E-state index in [1.807, 2.05) is 13.8 Å². The number of hydrogen-bond donors (Lipinski definition) is 0. The summed E-state index contributed by atoms with van der Waals surface area (Å²) in [4.78, 5) is 14.1. The number of likely N-dealkylation sites (tertiary alicyclic amines) is 1. The number of aromatic nitrogens is 2. The van der Waals surface area contributed by atoms with E-state index in [0.29, 0.717) is 25.4 Å². The van der Waals surface area contributed by atoms with Crippen molar-refractivity contribution in [2.24, 2.45) is 5.41 Å². The van der Waals surface area contributed by atoms with E-state index < -0.39 is 16.6 Å². The highest BCUT2D eigenvalue weighted by Crippen LogP contribution is 2.37. The maximum absolute atomic E-state index is 13.8. The summed E-state index contributed by atoms with van der Waals surface area (Å²) in [6.07, 6.45) is 0.452. The van der Waals surface area contributed by atoms with E-state index in [1.54, 1.807) is 30.0 Å². The molecule has 3 rings (SSSR count). The Bertz CT molecular complexity index is 851. The third-order valence-electron chi connectivity index (χ3n) is 4.84. The summed E-state index contributed by atoms with van der Waals surface area (Å²) >= 11 is 0. The molecule has 25 heavy (non-hydrogen) atoms. The number of carbonyl (C=O) groups is 1. The topological polar surface area (TPSA) is 83.0 Å². The van der Waals surface area contributed by atoms with Gasteiger partial charge in [-0.1, -0.05) is 19.1 Å². The second-order valence-electron chi connectivity index (χ2n) is 6.91. The van der Waals surface area contributed by atoms with Crippen molar-refractivity contribution in [1.29, 1.82) is 5.26 Å². The van der Waals surface area contributed by atoms with Crippen LogP contribution in [0.1, 0.15) is 33.1 Å². The number of benzene rings is 1. The van der Waals surface area contributed by atoms with Crippen molar-refractivity contribution in [2.75, 3.05) is 13.1 Å². The van der Waals surface area contributed by atoms with Crippen LogP contribution >= 0.6 is 0 Å². The second-order valence-corrected chi connectivity index (χ2v) is 6.91. The van der Waals surface area contributed by atoms with Crippen LogP contribution in [0, 0.1) is 22.6 Å². The van der Waals surface area contributed by atoms with Crippen molar-refractivity contribution in [2.45, 2.75) is 32.6 Å². The first-order valence-electron chi connectivity index (χ1n) is 8.12. The summed E-state index contributed by atoms with van der Waals surface area (Å²) in [5, 5.41) is 17.2. The first-order valence-corrected chi connectivity index (χ1v) is 8.12. The van der Waals surface area contributed by atoms with Crippen molar-refractivity contribution < 1.29 is 13.6 Å². The normalized spacial score (nSPS) is 18.1. The van der Waals surface area contributed by atoms with Crippen LogP contribution in [0.4, 0.5) is 4.39 Å². The monoisotopic (exact) mass is 342 g/mol. The van der Waals surface area contributed by atoms with E-state index in [-0.39, 0.29) is 17.4 Å². The van der Waals surface area contributed by atoms with Gasteiger partial charge in [0.25, 0.3) is 5.89 Å². The van der Waals surface area contributed by atoms with Crippen LogP contribution in [0.2, 0.25) is 0 Å². The zero-order valence-electron chi connectivity index (χ0n) is 14.4. The molecule has 1 aromatic heterocycles. The smallest absolute Gasteiger partial charge is 0.250 e. The lowest BCUT2D eigenvalue weighted by Crippen LogP contribution is -2.62. The minimum atomic E-state index is -1.02. The molecule has 1 aliphatic rings. The van der Waals surface area contributed by atoms with Gasteiger partial charge in [0.1, 0.15) is 11.2 Å². The fourth-order valence-electron chi connectivity index (χ4n) is 2.91. The first-order chi connectivity index (χ1) is 11.8. The van der Waals surface area contributed by atoms with E-state index in [4.69, 9.17) is 4.42 Å². The Labute approximate surface area is 145 Å². The fraction of sp³-hybridized carbons (Fsp3) is 0.444. The number of nitriles is 1. The highest BCUT2D eigenvalue weighted by atomic mass is 19.1. The number of halogens is 1. The second kappa shape index (κ2) is 5.96. The minimum Gasteiger partial charge on any atom is -0.420 e. The van der Waals surface area contributed by atoms with Gasteiger partial charge in [-0.3, -0.25) is 4.79 Å². The molecule has 6 nitrogen and oxygen atoms in total. The first kappa shape index (κ1) is 17.1. The Hall–Kier alpha value is -2.75. The molecule has 0 saturated carbocycles. The van der Waals surface area contributed by atoms with Gasteiger partial charge in [-0.25, -0.2) is 4.39 Å². The number of rotatable bonds is 4. The van der Waals surface area contributed by atoms with Crippen LogP contribution in [0.5, 0.6) is 0 Å². The van der Waals surface area contributed by atoms with Crippen molar-refractivity contribution >= 4 is 5.91 Å². The van der Waals surface area contributed by atoms with Crippen LogP contribution in [0.3, 0.4) is 0 Å². The largest absolute Gasteiger partial charge is 0.420 e. The van der Waals surface area contributed by atoms with Crippen molar-refractivity contribution in [3.8, 4) is 17.5 Å². The lowest BCUT2D eigenvalue weighted by Gasteiger charge is -2.47. The predicted octanol–water partition coefficient (Wildman–Crippen LogP) is 2.92. The molecule has 0 radical (unpaired) electrons. The molecular formula is C18H19FN4O2. The molecule has 0 N–H and O–H groups in total. The fourth-order valence-corrected chi connectivity index (χ4v) is 2.91. The SMILES string of the molecule is CCC(C)(C#N)C(=O)N1CC(C)(c2nnc(-c3ccccc3F)o2)C1. The molecule has 130 valence electrons. The molecule has 0 aliphatic carbocycles. The molecule has 1 atom stereocenters. The number of hydrogen-bond acceptors (Lipinski definition) is 5. The number of carbonyl (C=O) groups excluding carboxylic acids is 1. The molecule has 0 spiro atoms. The Morgan fingerprint density at radius 3 is 2.72 bits per heavy atom. The number of amides is 1. The minimum absolute atomic E-state index is 0.120. The van der Waals surface area contributed by atoms with Crippen LogP contribution in [-0.4, -0.2) is 34.1 Å². The molecule has 2 aromatic rings. The zero-order valence-corrected chi connectivity index (χ0v) is 14.4. The van der Waals surface area contributed by atoms with Crippen LogP contribution < -0.4 is 0 Å². The van der Waals surface area contributed by atoms with Gasteiger partial charge in [0, 0.05) is 13.1 Å². The zero-order chi connectivity index (χ0) is 18.2. The predicted molar refractivity (Wildman–Crippen MR) is 87.6 cm³/mol. The van der Waals surface area contributed by atoms with Gasteiger partial charge in [-0.15, -0.1) is 10.2 Å². The Morgan fingerprint density at radius 1 is 1.44 bits per heavy atom. The molecule has 1 aliphatic heterocycles. The lowest BCUT2D eigenvalue weighted by molar-refractivity contribution is -0.146. The Balaban J connectivity index is 1.76. The third-order valence-corrected chi connectivity index (χ3v) is 4.84. The molecular weight excluding hydrogens is 323 g/mol. The van der Waals surface area contributed by atoms with Crippen LogP contribution in [0.25, 0.3) is 11.5 Å². The van der Waals surface area contributed by atoms with Crippen molar-refractivity contribution in [1.82, 2.24) is 15.1 Å². The molecule has 1 fully saturated rings. The maximum atomic E-state index is 13.8. The van der Waals surface area contributed by atoms with Gasteiger partial charge in [0.15, 0.2) is 0 Å². The lowest BCUT2D eigenvalue weighted by atomic mass is 9.78. The molecule has 1 aromatic carbocycles. The van der Waals surface area contributed by atoms with Crippen LogP contribution in [0.15, 0.2) is 28.7 Å². The molecule has 1 amide bonds. The Kier molecular flexibility index (Phi) is 4.07. The summed E-state index contributed by atoms with van der Waals surface area (Å²) < 4.78 is 19.5. The van der Waals surface area contributed by atoms with Gasteiger partial charge in [0.2, 0.25) is 11.8 Å². The summed E-state index contributed by atoms with van der Waals surface area (Å²) in [6.45, 7) is 6.15. The number of nitrogens with zero attached hydrogens (tertiary/aromatic N) is 4. The van der Waals surface area contributed by atoms with Crippen molar-refractivity contribution in [3.63, 3.8) is 0 Å². The molecule has 1 unspecified atom stereocenters. The molecule has 1 saturated heterocycles. The van der Waals surface area contributed by atoms with Gasteiger partial charge in [-0.05, 0) is 32.4 Å². The molecule has 7 heteroatoms. The maximum Gasteiger partial charge on any atom is 0.250 e. The van der Waals surface area contributed by atoms with Gasteiger partial charge in [0.05, 0.1) is 17.0 Å². The van der Waals surface area contributed by atoms with Crippen molar-refractivity contribution in [3.05, 3.63) is 36.0 Å². The quantitative estimate of drug-likeness (QED) is 0.853. The Morgan fingerprint density at radius 2 is 2.12 bits per heavy atom. The molecule has 0 bridgehead atoms. The van der Waals surface area contributed by atoms with E-state index >= 15 is 0 Å². The highest BCUT2D eigenvalue weighted by molar-refractivity contribution is 5.86. The van der Waals surface area contributed by atoms with Crippen LogP contribution in [-0.2, 0) is 10.2 Å². The third kappa shape index (κ3) is 2.78. The standard InChI is InChI=1S/C18H19FN4O2/c1-4-17(2,9-20)16(24)23-10-18(3,11-23)15-22-21-14(25-15)12-7-5-6-8-13(12)19/h5-8H,4,10-11H2,1-3H3. The summed E-state index contributed by atoms with van der Waals surface area (Å²) in [5.74, 6) is -0.135. The summed E-state index contributed by atoms with van der Waals surface area (Å²) in [7, 11) is 0. The van der Waals surface area contributed by atoms with E-state index in [9.17, 15) is 14.4 Å². The van der Waals surface area contributed by atoms with Gasteiger partial charge in [-0.2, -0.15) is 5.26 Å². The van der Waals surface area contributed by atoms with Gasteiger partial charge < -0.3 is 9.32 Å². The van der Waals surface area contributed by atoms with E-state index in [2.05, 4.69) is 16.3 Å². The molecule has 2 heterocycles.